The smallest absolute Gasteiger partial charge is 0.335 e. The highest BCUT2D eigenvalue weighted by Crippen LogP contribution is 2.25. The van der Waals surface area contributed by atoms with Gasteiger partial charge < -0.3 is 15.4 Å². The van der Waals surface area contributed by atoms with E-state index in [0.717, 1.165) is 15.2 Å². The summed E-state index contributed by atoms with van der Waals surface area (Å²) in [6.45, 7) is 0.231. The lowest BCUT2D eigenvalue weighted by Gasteiger charge is -2.05. The molecule has 1 amide bonds. The van der Waals surface area contributed by atoms with Gasteiger partial charge in [0.25, 0.3) is 0 Å². The van der Waals surface area contributed by atoms with E-state index in [4.69, 9.17) is 16.7 Å². The Hall–Kier alpha value is -3.30. The molecule has 2 aromatic heterocycles. The molecule has 0 saturated carbocycles. The van der Waals surface area contributed by atoms with E-state index >= 15 is 0 Å². The number of amides is 1. The van der Waals surface area contributed by atoms with Gasteiger partial charge in [0.2, 0.25) is 5.91 Å². The summed E-state index contributed by atoms with van der Waals surface area (Å²) in [6, 6.07) is 12.0. The number of H-pyrrole nitrogens is 1. The van der Waals surface area contributed by atoms with E-state index in [1.807, 2.05) is 18.2 Å². The molecule has 3 N–H and O–H groups in total. The maximum atomic E-state index is 12.2. The van der Waals surface area contributed by atoms with Gasteiger partial charge in [0.15, 0.2) is 0 Å². The molecular weight excluding hydrogens is 426 g/mol. The number of rotatable bonds is 7. The maximum Gasteiger partial charge on any atom is 0.335 e. The van der Waals surface area contributed by atoms with E-state index in [1.165, 1.54) is 12.1 Å². The molecule has 0 aliphatic rings. The average Bonchev–Trinajstić information content (AvgIpc) is 3.32. The Morgan fingerprint density at radius 3 is 2.80 bits per heavy atom. The third-order valence-electron chi connectivity index (χ3n) is 4.28. The number of thiazole rings is 1. The number of halogens is 1. The molecule has 0 radical (unpaired) electrons. The lowest BCUT2D eigenvalue weighted by Crippen LogP contribution is -2.25. The van der Waals surface area contributed by atoms with E-state index in [9.17, 15) is 9.59 Å². The fourth-order valence-corrected chi connectivity index (χ4v) is 4.01. The zero-order chi connectivity index (χ0) is 21.1. The molecule has 0 saturated heterocycles. The summed E-state index contributed by atoms with van der Waals surface area (Å²) in [4.78, 5) is 30.8. The SMILES string of the molecule is O=C(Cc1nnc(Cc2nc3cc(Cl)ccc3s2)[nH]1)NCc1cccc(C(=O)O)c1. The Morgan fingerprint density at radius 2 is 1.97 bits per heavy atom. The second kappa shape index (κ2) is 8.60. The van der Waals surface area contributed by atoms with Crippen molar-refractivity contribution in [1.29, 1.82) is 0 Å². The van der Waals surface area contributed by atoms with Crippen LogP contribution in [0.5, 0.6) is 0 Å². The van der Waals surface area contributed by atoms with Gasteiger partial charge in [-0.05, 0) is 35.9 Å². The van der Waals surface area contributed by atoms with Crippen LogP contribution < -0.4 is 5.32 Å². The predicted molar refractivity (Wildman–Crippen MR) is 113 cm³/mol. The zero-order valence-electron chi connectivity index (χ0n) is 15.6. The Kier molecular flexibility index (Phi) is 5.73. The summed E-state index contributed by atoms with van der Waals surface area (Å²) in [5.74, 6) is -0.176. The molecule has 4 rings (SSSR count). The van der Waals surface area contributed by atoms with Gasteiger partial charge in [-0.1, -0.05) is 23.7 Å². The number of carboxylic acid groups (broad SMARTS) is 1. The van der Waals surface area contributed by atoms with Crippen LogP contribution in [0.1, 0.15) is 32.6 Å². The summed E-state index contributed by atoms with van der Waals surface area (Å²) >= 11 is 7.55. The Bertz CT molecular complexity index is 1240. The first-order chi connectivity index (χ1) is 14.5. The van der Waals surface area contributed by atoms with Gasteiger partial charge >= 0.3 is 5.97 Å². The Labute approximate surface area is 179 Å². The van der Waals surface area contributed by atoms with Crippen LogP contribution in [0.15, 0.2) is 42.5 Å². The second-order valence-corrected chi connectivity index (χ2v) is 8.13. The first-order valence-corrected chi connectivity index (χ1v) is 10.2. The van der Waals surface area contributed by atoms with Crippen LogP contribution >= 0.6 is 22.9 Å². The molecule has 2 aromatic carbocycles. The molecule has 4 aromatic rings. The van der Waals surface area contributed by atoms with Crippen molar-refractivity contribution in [1.82, 2.24) is 25.5 Å². The number of aromatic amines is 1. The average molecular weight is 442 g/mol. The van der Waals surface area contributed by atoms with Crippen molar-refractivity contribution in [2.75, 3.05) is 0 Å². The van der Waals surface area contributed by atoms with Crippen molar-refractivity contribution < 1.29 is 14.7 Å². The number of fused-ring (bicyclic) bond motifs is 1. The van der Waals surface area contributed by atoms with Gasteiger partial charge in [0.05, 0.1) is 28.6 Å². The first kappa shape index (κ1) is 20.0. The quantitative estimate of drug-likeness (QED) is 0.405. The molecule has 152 valence electrons. The van der Waals surface area contributed by atoms with Crippen LogP contribution in [0.4, 0.5) is 0 Å². The molecule has 8 nitrogen and oxygen atoms in total. The number of nitrogens with zero attached hydrogens (tertiary/aromatic N) is 3. The lowest BCUT2D eigenvalue weighted by atomic mass is 10.1. The third kappa shape index (κ3) is 4.81. The van der Waals surface area contributed by atoms with Gasteiger partial charge in [-0.15, -0.1) is 21.5 Å². The minimum atomic E-state index is -1.01. The molecule has 0 fully saturated rings. The molecular formula is C20H16ClN5O3S. The van der Waals surface area contributed by atoms with Gasteiger partial charge in [-0.25, -0.2) is 9.78 Å². The zero-order valence-corrected chi connectivity index (χ0v) is 17.1. The minimum Gasteiger partial charge on any atom is -0.478 e. The number of hydrogen-bond donors (Lipinski definition) is 3. The molecule has 0 spiro atoms. The van der Waals surface area contributed by atoms with Gasteiger partial charge in [-0.2, -0.15) is 0 Å². The van der Waals surface area contributed by atoms with E-state index in [1.54, 1.807) is 23.5 Å². The van der Waals surface area contributed by atoms with Crippen molar-refractivity contribution in [2.24, 2.45) is 0 Å². The number of aromatic carboxylic acids is 1. The van der Waals surface area contributed by atoms with Crippen LogP contribution in [0.25, 0.3) is 10.2 Å². The topological polar surface area (TPSA) is 121 Å². The number of hydrogen-bond acceptors (Lipinski definition) is 6. The number of carbonyl (C=O) groups excluding carboxylic acids is 1. The number of benzene rings is 2. The normalized spacial score (nSPS) is 11.0. The molecule has 0 aliphatic carbocycles. The third-order valence-corrected chi connectivity index (χ3v) is 5.56. The summed E-state index contributed by atoms with van der Waals surface area (Å²) in [6.07, 6.45) is 0.522. The monoisotopic (exact) mass is 441 g/mol. The van der Waals surface area contributed by atoms with Crippen molar-refractivity contribution in [2.45, 2.75) is 19.4 Å². The van der Waals surface area contributed by atoms with Crippen LogP contribution in [-0.2, 0) is 24.2 Å². The highest BCUT2D eigenvalue weighted by atomic mass is 35.5. The van der Waals surface area contributed by atoms with Gasteiger partial charge in [-0.3, -0.25) is 4.79 Å². The van der Waals surface area contributed by atoms with Crippen molar-refractivity contribution >= 4 is 45.0 Å². The highest BCUT2D eigenvalue weighted by molar-refractivity contribution is 7.18. The van der Waals surface area contributed by atoms with E-state index in [0.29, 0.717) is 28.7 Å². The molecule has 0 aliphatic heterocycles. The molecule has 30 heavy (non-hydrogen) atoms. The summed E-state index contributed by atoms with van der Waals surface area (Å²) < 4.78 is 1.04. The van der Waals surface area contributed by atoms with E-state index in [-0.39, 0.29) is 24.4 Å². The Morgan fingerprint density at radius 1 is 1.13 bits per heavy atom. The summed E-state index contributed by atoms with van der Waals surface area (Å²) in [5, 5.41) is 21.4. The van der Waals surface area contributed by atoms with E-state index in [2.05, 4.69) is 25.5 Å². The number of aromatic nitrogens is 4. The van der Waals surface area contributed by atoms with E-state index < -0.39 is 5.97 Å². The van der Waals surface area contributed by atoms with Crippen molar-refractivity contribution in [3.05, 3.63) is 75.3 Å². The molecule has 0 bridgehead atoms. The fraction of sp³-hybridized carbons (Fsp3) is 0.150. The summed E-state index contributed by atoms with van der Waals surface area (Å²) in [7, 11) is 0. The maximum absolute atomic E-state index is 12.2. The number of carboxylic acids is 1. The minimum absolute atomic E-state index is 0.0427. The number of nitrogens with one attached hydrogen (secondary N) is 2. The van der Waals surface area contributed by atoms with Crippen LogP contribution in [0.2, 0.25) is 5.02 Å². The van der Waals surface area contributed by atoms with Crippen LogP contribution in [0, 0.1) is 0 Å². The standard InChI is InChI=1S/C20H16ClN5O3S/c21-13-4-5-15-14(7-13)23-19(30-15)9-17-24-16(25-26-17)8-18(27)22-10-11-2-1-3-12(6-11)20(28)29/h1-7H,8-10H2,(H,22,27)(H,28,29)(H,24,25,26). The van der Waals surface area contributed by atoms with Gasteiger partial charge in [0.1, 0.15) is 16.7 Å². The van der Waals surface area contributed by atoms with Crippen LogP contribution in [0.3, 0.4) is 0 Å². The molecule has 0 unspecified atom stereocenters. The second-order valence-electron chi connectivity index (χ2n) is 6.57. The fourth-order valence-electron chi connectivity index (χ4n) is 2.89. The molecule has 0 atom stereocenters. The highest BCUT2D eigenvalue weighted by Gasteiger charge is 2.12. The first-order valence-electron chi connectivity index (χ1n) is 9.00. The van der Waals surface area contributed by atoms with Gasteiger partial charge in [0, 0.05) is 11.6 Å². The lowest BCUT2D eigenvalue weighted by molar-refractivity contribution is -0.120. The van der Waals surface area contributed by atoms with Crippen LogP contribution in [-0.4, -0.2) is 37.1 Å². The Balaban J connectivity index is 1.34. The summed E-state index contributed by atoms with van der Waals surface area (Å²) in [5.41, 5.74) is 1.73. The van der Waals surface area contributed by atoms with Crippen molar-refractivity contribution in [3.63, 3.8) is 0 Å². The largest absolute Gasteiger partial charge is 0.478 e. The van der Waals surface area contributed by atoms with Crippen molar-refractivity contribution in [3.8, 4) is 0 Å². The number of carbonyl (C=O) groups is 2. The molecule has 2 heterocycles. The molecule has 10 heteroatoms. The predicted octanol–water partition coefficient (Wildman–Crippen LogP) is 3.22.